The molecule has 2 aromatic carbocycles. The number of nitrogens with zero attached hydrogens (tertiary/aromatic N) is 2. The summed E-state index contributed by atoms with van der Waals surface area (Å²) >= 11 is 0. The molecular formula is C21H20N3O2+. The van der Waals surface area contributed by atoms with E-state index in [9.17, 15) is 4.79 Å². The summed E-state index contributed by atoms with van der Waals surface area (Å²) in [6.07, 6.45) is 1.50. The van der Waals surface area contributed by atoms with Crippen LogP contribution in [0.25, 0.3) is 11.0 Å². The molecule has 0 saturated carbocycles. The van der Waals surface area contributed by atoms with Crippen molar-refractivity contribution in [1.82, 2.24) is 4.57 Å². The normalized spacial score (nSPS) is 11.1. The first kappa shape index (κ1) is 16.1. The number of Topliss-reactive ketones (excluding diaryl/α,β-unsaturated/α-hetero) is 1. The van der Waals surface area contributed by atoms with Crippen molar-refractivity contribution < 1.29 is 13.8 Å². The molecule has 0 unspecified atom stereocenters. The van der Waals surface area contributed by atoms with Gasteiger partial charge >= 0.3 is 5.95 Å². The molecular weight excluding hydrogens is 326 g/mol. The number of carbonyl (C=O) groups is 1. The maximum absolute atomic E-state index is 12.5. The van der Waals surface area contributed by atoms with Gasteiger partial charge in [0, 0.05) is 0 Å². The molecule has 26 heavy (non-hydrogen) atoms. The number of aryl methyl sites for hydroxylation is 1. The molecule has 0 bridgehead atoms. The SMILES string of the molecule is Cc1ccc(C[n+]2c(N)n(CC(=O)c3ccco3)c3ccccc32)cc1. The molecule has 0 aliphatic rings. The number of hydrogen-bond acceptors (Lipinski definition) is 3. The highest BCUT2D eigenvalue weighted by atomic mass is 16.3. The molecule has 5 heteroatoms. The van der Waals surface area contributed by atoms with E-state index >= 15 is 0 Å². The molecule has 4 rings (SSSR count). The van der Waals surface area contributed by atoms with Crippen LogP contribution < -0.4 is 10.3 Å². The molecule has 0 spiro atoms. The van der Waals surface area contributed by atoms with Crippen molar-refractivity contribution in [3.63, 3.8) is 0 Å². The molecule has 0 saturated heterocycles. The lowest BCUT2D eigenvalue weighted by molar-refractivity contribution is -0.648. The number of aromatic nitrogens is 2. The van der Waals surface area contributed by atoms with E-state index in [1.165, 1.54) is 11.8 Å². The standard InChI is InChI=1S/C21H19N3O2/c1-15-8-10-16(11-9-15)13-23-17-5-2-3-6-18(17)24(21(23)22)14-19(25)20-7-4-12-26-20/h2-12,22H,13-14H2,1H3/p+1. The summed E-state index contributed by atoms with van der Waals surface area (Å²) in [6.45, 7) is 2.85. The monoisotopic (exact) mass is 346 g/mol. The average molecular weight is 346 g/mol. The van der Waals surface area contributed by atoms with E-state index in [0.717, 1.165) is 16.6 Å². The quantitative estimate of drug-likeness (QED) is 0.445. The van der Waals surface area contributed by atoms with E-state index in [-0.39, 0.29) is 12.3 Å². The van der Waals surface area contributed by atoms with Crippen molar-refractivity contribution in [2.24, 2.45) is 0 Å². The zero-order chi connectivity index (χ0) is 18.1. The number of anilines is 1. The lowest BCUT2D eigenvalue weighted by atomic mass is 10.1. The van der Waals surface area contributed by atoms with Crippen molar-refractivity contribution in [1.29, 1.82) is 0 Å². The highest BCUT2D eigenvalue weighted by Gasteiger charge is 2.24. The minimum atomic E-state index is -0.107. The number of ketones is 1. The zero-order valence-corrected chi connectivity index (χ0v) is 14.6. The third kappa shape index (κ3) is 2.88. The fourth-order valence-electron chi connectivity index (χ4n) is 3.18. The number of nitrogens with two attached hydrogens (primary N) is 1. The first-order valence-corrected chi connectivity index (χ1v) is 8.52. The second kappa shape index (κ2) is 6.52. The van der Waals surface area contributed by atoms with Crippen LogP contribution in [0.15, 0.2) is 71.3 Å². The number of nitrogen functional groups attached to an aromatic ring is 1. The minimum Gasteiger partial charge on any atom is -0.461 e. The lowest BCUT2D eigenvalue weighted by Crippen LogP contribution is -2.37. The van der Waals surface area contributed by atoms with Gasteiger partial charge in [0.2, 0.25) is 5.78 Å². The van der Waals surface area contributed by atoms with Crippen LogP contribution in [0, 0.1) is 6.92 Å². The summed E-state index contributed by atoms with van der Waals surface area (Å²) in [4.78, 5) is 12.5. The summed E-state index contributed by atoms with van der Waals surface area (Å²) in [6, 6.07) is 19.7. The average Bonchev–Trinajstić information content (AvgIpc) is 3.27. The number of carbonyl (C=O) groups excluding carboxylic acids is 1. The fourth-order valence-corrected chi connectivity index (χ4v) is 3.18. The van der Waals surface area contributed by atoms with Gasteiger partial charge in [-0.1, -0.05) is 42.0 Å². The third-order valence-electron chi connectivity index (χ3n) is 4.58. The highest BCUT2D eigenvalue weighted by molar-refractivity contribution is 5.94. The van der Waals surface area contributed by atoms with Gasteiger partial charge in [-0.3, -0.25) is 10.5 Å². The van der Waals surface area contributed by atoms with Gasteiger partial charge in [0.05, 0.1) is 12.8 Å². The molecule has 130 valence electrons. The van der Waals surface area contributed by atoms with E-state index in [1.54, 1.807) is 12.1 Å². The number of imidazole rings is 1. The summed E-state index contributed by atoms with van der Waals surface area (Å²) in [5.41, 5.74) is 10.7. The Bertz CT molecular complexity index is 1060. The Morgan fingerprint density at radius 1 is 1.08 bits per heavy atom. The van der Waals surface area contributed by atoms with Crippen molar-refractivity contribution in [3.05, 3.63) is 83.8 Å². The number of furan rings is 1. The van der Waals surface area contributed by atoms with Crippen LogP contribution in [0.4, 0.5) is 5.95 Å². The maximum Gasteiger partial charge on any atom is 0.356 e. The number of rotatable bonds is 5. The topological polar surface area (TPSA) is 65.0 Å². The van der Waals surface area contributed by atoms with Gasteiger partial charge in [-0.2, -0.15) is 0 Å². The summed E-state index contributed by atoms with van der Waals surface area (Å²) in [5, 5.41) is 0. The third-order valence-corrected chi connectivity index (χ3v) is 4.58. The number of hydrogen-bond donors (Lipinski definition) is 1. The van der Waals surface area contributed by atoms with Crippen LogP contribution in [0.2, 0.25) is 0 Å². The van der Waals surface area contributed by atoms with Gasteiger partial charge in [0.1, 0.15) is 17.6 Å². The van der Waals surface area contributed by atoms with E-state index in [1.807, 2.05) is 33.4 Å². The molecule has 5 nitrogen and oxygen atoms in total. The van der Waals surface area contributed by atoms with Crippen molar-refractivity contribution >= 4 is 22.8 Å². The van der Waals surface area contributed by atoms with Crippen molar-refractivity contribution in [2.75, 3.05) is 5.73 Å². The largest absolute Gasteiger partial charge is 0.461 e. The highest BCUT2D eigenvalue weighted by Crippen LogP contribution is 2.18. The summed E-state index contributed by atoms with van der Waals surface area (Å²) in [5.74, 6) is 0.781. The predicted octanol–water partition coefficient (Wildman–Crippen LogP) is 3.34. The Kier molecular flexibility index (Phi) is 4.05. The van der Waals surface area contributed by atoms with Gasteiger partial charge in [0.25, 0.3) is 0 Å². The van der Waals surface area contributed by atoms with Crippen LogP contribution in [0.3, 0.4) is 0 Å². The molecule has 2 heterocycles. The van der Waals surface area contributed by atoms with Crippen LogP contribution >= 0.6 is 0 Å². The van der Waals surface area contributed by atoms with E-state index < -0.39 is 0 Å². The predicted molar refractivity (Wildman–Crippen MR) is 99.9 cm³/mol. The van der Waals surface area contributed by atoms with E-state index in [0.29, 0.717) is 18.3 Å². The minimum absolute atomic E-state index is 0.107. The lowest BCUT2D eigenvalue weighted by Gasteiger charge is -2.03. The molecule has 0 atom stereocenters. The first-order chi connectivity index (χ1) is 12.6. The van der Waals surface area contributed by atoms with Gasteiger partial charge in [-0.25, -0.2) is 9.13 Å². The second-order valence-electron chi connectivity index (χ2n) is 6.41. The van der Waals surface area contributed by atoms with Gasteiger partial charge in [0.15, 0.2) is 5.76 Å². The van der Waals surface area contributed by atoms with Crippen molar-refractivity contribution in [2.45, 2.75) is 20.0 Å². The molecule has 0 aliphatic heterocycles. The maximum atomic E-state index is 12.5. The Labute approximate surface area is 151 Å². The molecule has 4 aromatic rings. The summed E-state index contributed by atoms with van der Waals surface area (Å²) < 4.78 is 9.10. The van der Waals surface area contributed by atoms with Crippen LogP contribution in [0.5, 0.6) is 0 Å². The number of para-hydroxylation sites is 2. The smallest absolute Gasteiger partial charge is 0.356 e. The molecule has 2 aromatic heterocycles. The molecule has 0 radical (unpaired) electrons. The van der Waals surface area contributed by atoms with Crippen LogP contribution in [-0.2, 0) is 13.1 Å². The Morgan fingerprint density at radius 3 is 2.58 bits per heavy atom. The molecule has 0 aliphatic carbocycles. The fraction of sp³-hybridized carbons (Fsp3) is 0.143. The van der Waals surface area contributed by atoms with Crippen LogP contribution in [-0.4, -0.2) is 10.4 Å². The Balaban J connectivity index is 1.75. The number of benzene rings is 2. The zero-order valence-electron chi connectivity index (χ0n) is 14.6. The van der Waals surface area contributed by atoms with Crippen LogP contribution in [0.1, 0.15) is 21.7 Å². The van der Waals surface area contributed by atoms with E-state index in [2.05, 4.69) is 31.2 Å². The van der Waals surface area contributed by atoms with Gasteiger partial charge < -0.3 is 4.42 Å². The van der Waals surface area contributed by atoms with Crippen molar-refractivity contribution in [3.8, 4) is 0 Å². The molecule has 0 amide bonds. The van der Waals surface area contributed by atoms with Gasteiger partial charge in [-0.15, -0.1) is 0 Å². The van der Waals surface area contributed by atoms with E-state index in [4.69, 9.17) is 10.2 Å². The summed E-state index contributed by atoms with van der Waals surface area (Å²) in [7, 11) is 0. The Morgan fingerprint density at radius 2 is 1.85 bits per heavy atom. The molecule has 0 fully saturated rings. The first-order valence-electron chi connectivity index (χ1n) is 8.52. The second-order valence-corrected chi connectivity index (χ2v) is 6.41. The van der Waals surface area contributed by atoms with Gasteiger partial charge in [-0.05, 0) is 36.8 Å². The molecule has 2 N–H and O–H groups in total. The number of fused-ring (bicyclic) bond motifs is 1. The Hall–Kier alpha value is -3.34.